The predicted octanol–water partition coefficient (Wildman–Crippen LogP) is 4.32. The molecule has 0 rings (SSSR count). The van der Waals surface area contributed by atoms with Gasteiger partial charge in [-0.2, -0.15) is 0 Å². The van der Waals surface area contributed by atoms with Gasteiger partial charge in [-0.05, 0) is 13.3 Å². The summed E-state index contributed by atoms with van der Waals surface area (Å²) in [5.41, 5.74) is 0. The molecule has 0 bridgehead atoms. The molecule has 0 unspecified atom stereocenters. The minimum absolute atomic E-state index is 0.145. The van der Waals surface area contributed by atoms with Gasteiger partial charge in [0.1, 0.15) is 0 Å². The summed E-state index contributed by atoms with van der Waals surface area (Å²) in [6, 6.07) is 0. The third-order valence-corrected chi connectivity index (χ3v) is 3.15. The Morgan fingerprint density at radius 1 is 0.818 bits per heavy atom. The highest BCUT2D eigenvalue weighted by Crippen LogP contribution is 2.08. The average Bonchev–Trinajstić information content (AvgIpc) is 2.55. The minimum atomic E-state index is 0.145. The number of nitrogens with one attached hydrogen (secondary N) is 1. The van der Waals surface area contributed by atoms with E-state index in [4.69, 9.17) is 9.47 Å². The zero-order valence-electron chi connectivity index (χ0n) is 15.4. The molecule has 4 nitrogen and oxygen atoms in total. The van der Waals surface area contributed by atoms with Gasteiger partial charge in [-0.1, -0.05) is 59.3 Å². The van der Waals surface area contributed by atoms with Crippen LogP contribution in [0.5, 0.6) is 0 Å². The molecule has 0 radical (unpaired) electrons. The molecule has 4 heteroatoms. The quantitative estimate of drug-likeness (QED) is 0.457. The summed E-state index contributed by atoms with van der Waals surface area (Å²) in [5, 5.41) is 2.88. The first-order valence-corrected chi connectivity index (χ1v) is 9.23. The van der Waals surface area contributed by atoms with Crippen LogP contribution in [-0.2, 0) is 14.3 Å². The van der Waals surface area contributed by atoms with Crippen LogP contribution in [0.4, 0.5) is 0 Å². The number of carbonyl (C=O) groups is 1. The Hall–Kier alpha value is -0.610. The maximum atomic E-state index is 11.5. The van der Waals surface area contributed by atoms with Gasteiger partial charge in [0.05, 0.1) is 19.8 Å². The molecular weight excluding hydrogens is 278 g/mol. The second-order valence-corrected chi connectivity index (χ2v) is 5.03. The summed E-state index contributed by atoms with van der Waals surface area (Å²) >= 11 is 0. The molecule has 0 aliphatic rings. The average molecular weight is 318 g/mol. The van der Waals surface area contributed by atoms with Crippen molar-refractivity contribution in [3.63, 3.8) is 0 Å². The van der Waals surface area contributed by atoms with E-state index in [0.29, 0.717) is 32.8 Å². The third-order valence-electron chi connectivity index (χ3n) is 3.15. The lowest BCUT2D eigenvalue weighted by atomic mass is 10.1. The van der Waals surface area contributed by atoms with E-state index in [0.717, 1.165) is 13.0 Å². The molecule has 0 aromatic rings. The molecule has 134 valence electrons. The highest BCUT2D eigenvalue weighted by molar-refractivity contribution is 5.75. The zero-order valence-corrected chi connectivity index (χ0v) is 15.4. The first kappa shape index (κ1) is 23.7. The second-order valence-electron chi connectivity index (χ2n) is 5.03. The van der Waals surface area contributed by atoms with E-state index in [1.807, 2.05) is 20.8 Å². The van der Waals surface area contributed by atoms with Crippen molar-refractivity contribution in [1.29, 1.82) is 0 Å². The van der Waals surface area contributed by atoms with Crippen LogP contribution in [0.25, 0.3) is 0 Å². The summed E-state index contributed by atoms with van der Waals surface area (Å²) in [6.07, 6.45) is 9.34. The molecular formula is C18H39NO3. The van der Waals surface area contributed by atoms with Gasteiger partial charge in [-0.15, -0.1) is 0 Å². The Labute approximate surface area is 138 Å². The van der Waals surface area contributed by atoms with Gasteiger partial charge >= 0.3 is 0 Å². The topological polar surface area (TPSA) is 47.6 Å². The first-order valence-electron chi connectivity index (χ1n) is 9.23. The normalized spacial score (nSPS) is 10.0. The molecule has 0 spiro atoms. The van der Waals surface area contributed by atoms with Crippen molar-refractivity contribution in [2.24, 2.45) is 0 Å². The monoisotopic (exact) mass is 317 g/mol. The number of rotatable bonds is 15. The molecule has 0 fully saturated rings. The Morgan fingerprint density at radius 3 is 2.05 bits per heavy atom. The van der Waals surface area contributed by atoms with Gasteiger partial charge in [-0.25, -0.2) is 0 Å². The van der Waals surface area contributed by atoms with Gasteiger partial charge in [0.15, 0.2) is 0 Å². The number of ether oxygens (including phenoxy) is 2. The highest BCUT2D eigenvalue weighted by atomic mass is 16.5. The van der Waals surface area contributed by atoms with E-state index < -0.39 is 0 Å². The number of hydrogen-bond donors (Lipinski definition) is 1. The SMILES string of the molecule is CC.CCCCCCCCCC(=O)NCCOCCOCC. The number of unbranched alkanes of at least 4 members (excludes halogenated alkanes) is 6. The van der Waals surface area contributed by atoms with Crippen molar-refractivity contribution in [2.45, 2.75) is 79.1 Å². The number of hydrogen-bond acceptors (Lipinski definition) is 3. The Morgan fingerprint density at radius 2 is 1.41 bits per heavy atom. The molecule has 0 saturated carbocycles. The van der Waals surface area contributed by atoms with Crippen molar-refractivity contribution >= 4 is 5.91 Å². The fraction of sp³-hybridized carbons (Fsp3) is 0.944. The molecule has 0 aromatic heterocycles. The molecule has 22 heavy (non-hydrogen) atoms. The van der Waals surface area contributed by atoms with Gasteiger partial charge in [0.2, 0.25) is 5.91 Å². The molecule has 1 amide bonds. The summed E-state index contributed by atoms with van der Waals surface area (Å²) in [6.45, 7) is 11.3. The first-order chi connectivity index (χ1) is 10.8. The van der Waals surface area contributed by atoms with Crippen molar-refractivity contribution in [1.82, 2.24) is 5.32 Å². The maximum Gasteiger partial charge on any atom is 0.220 e. The molecule has 0 heterocycles. The lowest BCUT2D eigenvalue weighted by Gasteiger charge is -2.06. The molecule has 0 aromatic carbocycles. The smallest absolute Gasteiger partial charge is 0.220 e. The van der Waals surface area contributed by atoms with Crippen LogP contribution >= 0.6 is 0 Å². The van der Waals surface area contributed by atoms with Gasteiger partial charge in [0, 0.05) is 19.6 Å². The summed E-state index contributed by atoms with van der Waals surface area (Å²) < 4.78 is 10.5. The molecule has 0 atom stereocenters. The van der Waals surface area contributed by atoms with E-state index in [-0.39, 0.29) is 5.91 Å². The summed E-state index contributed by atoms with van der Waals surface area (Å²) in [5.74, 6) is 0.145. The van der Waals surface area contributed by atoms with Crippen LogP contribution in [0.1, 0.15) is 79.1 Å². The van der Waals surface area contributed by atoms with Crippen molar-refractivity contribution in [2.75, 3.05) is 33.0 Å². The zero-order chi connectivity index (χ0) is 16.9. The van der Waals surface area contributed by atoms with Crippen molar-refractivity contribution < 1.29 is 14.3 Å². The van der Waals surface area contributed by atoms with Crippen LogP contribution in [-0.4, -0.2) is 38.9 Å². The van der Waals surface area contributed by atoms with E-state index in [9.17, 15) is 4.79 Å². The van der Waals surface area contributed by atoms with E-state index >= 15 is 0 Å². The molecule has 0 saturated heterocycles. The van der Waals surface area contributed by atoms with E-state index in [1.165, 1.54) is 38.5 Å². The van der Waals surface area contributed by atoms with Crippen LogP contribution in [0, 0.1) is 0 Å². The number of amides is 1. The second kappa shape index (κ2) is 22.7. The van der Waals surface area contributed by atoms with Crippen LogP contribution in [0.2, 0.25) is 0 Å². The van der Waals surface area contributed by atoms with Crippen LogP contribution < -0.4 is 5.32 Å². The largest absolute Gasteiger partial charge is 0.379 e. The molecule has 0 aliphatic carbocycles. The highest BCUT2D eigenvalue weighted by Gasteiger charge is 2.00. The third kappa shape index (κ3) is 21.7. The minimum Gasteiger partial charge on any atom is -0.379 e. The van der Waals surface area contributed by atoms with Gasteiger partial charge < -0.3 is 14.8 Å². The molecule has 0 aliphatic heterocycles. The summed E-state index contributed by atoms with van der Waals surface area (Å²) in [4.78, 5) is 11.5. The van der Waals surface area contributed by atoms with Crippen LogP contribution in [0.15, 0.2) is 0 Å². The number of carbonyl (C=O) groups excluding carboxylic acids is 1. The Kier molecular flexibility index (Phi) is 24.4. The maximum absolute atomic E-state index is 11.5. The fourth-order valence-corrected chi connectivity index (χ4v) is 1.96. The lowest BCUT2D eigenvalue weighted by Crippen LogP contribution is -2.27. The fourth-order valence-electron chi connectivity index (χ4n) is 1.96. The predicted molar refractivity (Wildman–Crippen MR) is 94.3 cm³/mol. The van der Waals surface area contributed by atoms with E-state index in [1.54, 1.807) is 0 Å². The summed E-state index contributed by atoms with van der Waals surface area (Å²) in [7, 11) is 0. The Bertz CT molecular complexity index is 191. The van der Waals surface area contributed by atoms with Crippen molar-refractivity contribution in [3.8, 4) is 0 Å². The van der Waals surface area contributed by atoms with Gasteiger partial charge in [0.25, 0.3) is 0 Å². The Balaban J connectivity index is 0. The van der Waals surface area contributed by atoms with Crippen molar-refractivity contribution in [3.05, 3.63) is 0 Å². The standard InChI is InChI=1S/C16H33NO3.C2H6/c1-3-5-6-7-8-9-10-11-16(18)17-12-13-20-15-14-19-4-2;1-2/h3-15H2,1-2H3,(H,17,18);1-2H3. The van der Waals surface area contributed by atoms with E-state index in [2.05, 4.69) is 12.2 Å². The lowest BCUT2D eigenvalue weighted by molar-refractivity contribution is -0.121. The van der Waals surface area contributed by atoms with Crippen LogP contribution in [0.3, 0.4) is 0 Å². The molecule has 1 N–H and O–H groups in total. The van der Waals surface area contributed by atoms with Gasteiger partial charge in [-0.3, -0.25) is 4.79 Å².